The molecule has 0 heterocycles. The molecule has 2 aromatic carbocycles. The van der Waals surface area contributed by atoms with Gasteiger partial charge >= 0.3 is 5.97 Å². The maximum absolute atomic E-state index is 13.9. The van der Waals surface area contributed by atoms with E-state index in [1.165, 1.54) is 13.2 Å². The second kappa shape index (κ2) is 4.87. The molecule has 0 bridgehead atoms. The van der Waals surface area contributed by atoms with Gasteiger partial charge in [-0.15, -0.1) is 0 Å². The summed E-state index contributed by atoms with van der Waals surface area (Å²) in [4.78, 5) is 11.1. The van der Waals surface area contributed by atoms with Crippen molar-refractivity contribution in [3.8, 4) is 16.9 Å². The van der Waals surface area contributed by atoms with Crippen LogP contribution in [0.1, 0.15) is 10.4 Å². The first-order valence-electron chi connectivity index (χ1n) is 5.30. The Morgan fingerprint density at radius 2 is 1.83 bits per heavy atom. The quantitative estimate of drug-likeness (QED) is 0.904. The third kappa shape index (κ3) is 2.05. The van der Waals surface area contributed by atoms with E-state index in [-0.39, 0.29) is 16.9 Å². The number of carbonyl (C=O) groups is 1. The smallest absolute Gasteiger partial charge is 0.339 e. The van der Waals surface area contributed by atoms with E-state index in [2.05, 4.69) is 0 Å². The molecule has 0 spiro atoms. The lowest BCUT2D eigenvalue weighted by Crippen LogP contribution is -2.03. The molecule has 3 nitrogen and oxygen atoms in total. The van der Waals surface area contributed by atoms with Gasteiger partial charge in [0.25, 0.3) is 0 Å². The monoisotopic (exact) mass is 246 g/mol. The average molecular weight is 246 g/mol. The first kappa shape index (κ1) is 12.1. The number of hydrogen-bond donors (Lipinski definition) is 1. The zero-order chi connectivity index (χ0) is 13.1. The molecule has 0 unspecified atom stereocenters. The molecule has 2 rings (SSSR count). The lowest BCUT2D eigenvalue weighted by molar-refractivity contribution is 0.0693. The van der Waals surface area contributed by atoms with Crippen molar-refractivity contribution < 1.29 is 19.0 Å². The molecule has 0 aliphatic heterocycles. The van der Waals surface area contributed by atoms with Gasteiger partial charge in [-0.05, 0) is 17.7 Å². The molecule has 2 aromatic rings. The van der Waals surface area contributed by atoms with Gasteiger partial charge in [0.2, 0.25) is 0 Å². The summed E-state index contributed by atoms with van der Waals surface area (Å²) in [5, 5.41) is 9.06. The standard InChI is InChI=1S/C14H11FO3/c1-18-13-10(14(16)17)7-8-11(15)12(13)9-5-3-2-4-6-9/h2-8H,1H3,(H,16,17). The van der Waals surface area contributed by atoms with E-state index in [0.717, 1.165) is 6.07 Å². The number of halogens is 1. The molecule has 0 aliphatic rings. The van der Waals surface area contributed by atoms with Crippen molar-refractivity contribution in [1.82, 2.24) is 0 Å². The van der Waals surface area contributed by atoms with E-state index in [1.807, 2.05) is 0 Å². The summed E-state index contributed by atoms with van der Waals surface area (Å²) in [6.07, 6.45) is 0. The number of carboxylic acids is 1. The minimum Gasteiger partial charge on any atom is -0.495 e. The summed E-state index contributed by atoms with van der Waals surface area (Å²) in [5.74, 6) is -1.62. The molecule has 0 atom stereocenters. The van der Waals surface area contributed by atoms with Gasteiger partial charge in [-0.3, -0.25) is 0 Å². The first-order chi connectivity index (χ1) is 8.65. The molecular weight excluding hydrogens is 235 g/mol. The highest BCUT2D eigenvalue weighted by Crippen LogP contribution is 2.35. The van der Waals surface area contributed by atoms with E-state index in [4.69, 9.17) is 9.84 Å². The summed E-state index contributed by atoms with van der Waals surface area (Å²) >= 11 is 0. The van der Waals surface area contributed by atoms with Crippen LogP contribution < -0.4 is 4.74 Å². The van der Waals surface area contributed by atoms with Crippen LogP contribution in [-0.4, -0.2) is 18.2 Å². The Labute approximate surface area is 103 Å². The van der Waals surface area contributed by atoms with Crippen molar-refractivity contribution >= 4 is 5.97 Å². The van der Waals surface area contributed by atoms with Gasteiger partial charge in [0.15, 0.2) is 0 Å². The summed E-state index contributed by atoms with van der Waals surface area (Å²) in [5.41, 5.74) is 0.686. The molecule has 0 aromatic heterocycles. The largest absolute Gasteiger partial charge is 0.495 e. The Kier molecular flexibility index (Phi) is 3.28. The van der Waals surface area contributed by atoms with E-state index >= 15 is 0 Å². The Morgan fingerprint density at radius 3 is 2.39 bits per heavy atom. The minimum atomic E-state index is -1.15. The highest BCUT2D eigenvalue weighted by atomic mass is 19.1. The Hall–Kier alpha value is -2.36. The molecule has 0 amide bonds. The van der Waals surface area contributed by atoms with Gasteiger partial charge in [-0.2, -0.15) is 0 Å². The van der Waals surface area contributed by atoms with Crippen LogP contribution in [0.2, 0.25) is 0 Å². The fourth-order valence-corrected chi connectivity index (χ4v) is 1.81. The Balaban J connectivity index is 2.73. The zero-order valence-electron chi connectivity index (χ0n) is 9.68. The first-order valence-corrected chi connectivity index (χ1v) is 5.30. The van der Waals surface area contributed by atoms with Crippen LogP contribution in [0.25, 0.3) is 11.1 Å². The number of hydrogen-bond acceptors (Lipinski definition) is 2. The molecule has 0 fully saturated rings. The summed E-state index contributed by atoms with van der Waals surface area (Å²) in [6.45, 7) is 0. The van der Waals surface area contributed by atoms with Gasteiger partial charge in [0, 0.05) is 0 Å². The molecule has 0 saturated carbocycles. The van der Waals surface area contributed by atoms with Crippen molar-refractivity contribution in [2.24, 2.45) is 0 Å². The van der Waals surface area contributed by atoms with Crippen LogP contribution in [0.5, 0.6) is 5.75 Å². The lowest BCUT2D eigenvalue weighted by atomic mass is 10.0. The molecule has 1 N–H and O–H groups in total. The number of rotatable bonds is 3. The fraction of sp³-hybridized carbons (Fsp3) is 0.0714. The second-order valence-corrected chi connectivity index (χ2v) is 3.67. The summed E-state index contributed by atoms with van der Waals surface area (Å²) in [6, 6.07) is 11.0. The second-order valence-electron chi connectivity index (χ2n) is 3.67. The SMILES string of the molecule is COc1c(C(=O)O)ccc(F)c1-c1ccccc1. The van der Waals surface area contributed by atoms with Gasteiger partial charge in [0.1, 0.15) is 17.1 Å². The predicted octanol–water partition coefficient (Wildman–Crippen LogP) is 3.20. The van der Waals surface area contributed by atoms with Crippen LogP contribution >= 0.6 is 0 Å². The van der Waals surface area contributed by atoms with Crippen molar-refractivity contribution in [2.45, 2.75) is 0 Å². The van der Waals surface area contributed by atoms with E-state index in [9.17, 15) is 9.18 Å². The molecule has 0 radical (unpaired) electrons. The Morgan fingerprint density at radius 1 is 1.17 bits per heavy atom. The summed E-state index contributed by atoms with van der Waals surface area (Å²) < 4.78 is 18.9. The zero-order valence-corrected chi connectivity index (χ0v) is 9.68. The maximum atomic E-state index is 13.9. The van der Waals surface area contributed by atoms with Gasteiger partial charge < -0.3 is 9.84 Å². The van der Waals surface area contributed by atoms with Crippen LogP contribution in [0.15, 0.2) is 42.5 Å². The van der Waals surface area contributed by atoms with Crippen molar-refractivity contribution in [3.05, 3.63) is 53.8 Å². The molecule has 0 saturated heterocycles. The van der Waals surface area contributed by atoms with Crippen LogP contribution in [-0.2, 0) is 0 Å². The third-order valence-electron chi connectivity index (χ3n) is 2.60. The predicted molar refractivity (Wildman–Crippen MR) is 65.3 cm³/mol. The highest BCUT2D eigenvalue weighted by Gasteiger charge is 2.19. The fourth-order valence-electron chi connectivity index (χ4n) is 1.81. The molecule has 18 heavy (non-hydrogen) atoms. The van der Waals surface area contributed by atoms with Gasteiger partial charge in [-0.25, -0.2) is 9.18 Å². The molecule has 0 aliphatic carbocycles. The van der Waals surface area contributed by atoms with Crippen molar-refractivity contribution in [3.63, 3.8) is 0 Å². The van der Waals surface area contributed by atoms with E-state index < -0.39 is 11.8 Å². The maximum Gasteiger partial charge on any atom is 0.339 e. The van der Waals surface area contributed by atoms with Crippen molar-refractivity contribution in [1.29, 1.82) is 0 Å². The van der Waals surface area contributed by atoms with Crippen molar-refractivity contribution in [2.75, 3.05) is 7.11 Å². The van der Waals surface area contributed by atoms with Gasteiger partial charge in [-0.1, -0.05) is 30.3 Å². The number of ether oxygens (including phenoxy) is 1. The van der Waals surface area contributed by atoms with Crippen LogP contribution in [0, 0.1) is 5.82 Å². The highest BCUT2D eigenvalue weighted by molar-refractivity contribution is 5.94. The third-order valence-corrected chi connectivity index (χ3v) is 2.60. The molecular formula is C14H11FO3. The van der Waals surface area contributed by atoms with E-state index in [0.29, 0.717) is 5.56 Å². The van der Waals surface area contributed by atoms with Gasteiger partial charge in [0.05, 0.1) is 12.7 Å². The number of methoxy groups -OCH3 is 1. The Bertz CT molecular complexity index is 579. The number of benzene rings is 2. The minimum absolute atomic E-state index is 0.0358. The van der Waals surface area contributed by atoms with Crippen LogP contribution in [0.3, 0.4) is 0 Å². The number of aromatic carboxylic acids is 1. The van der Waals surface area contributed by atoms with E-state index in [1.54, 1.807) is 30.3 Å². The molecule has 92 valence electrons. The lowest BCUT2D eigenvalue weighted by Gasteiger charge is -2.12. The average Bonchev–Trinajstić information content (AvgIpc) is 2.38. The topological polar surface area (TPSA) is 46.5 Å². The number of carboxylic acid groups (broad SMARTS) is 1. The summed E-state index contributed by atoms with van der Waals surface area (Å²) in [7, 11) is 1.33. The molecule has 4 heteroatoms. The van der Waals surface area contributed by atoms with Crippen LogP contribution in [0.4, 0.5) is 4.39 Å². The normalized spacial score (nSPS) is 10.1.